The molecule has 0 saturated carbocycles. The van der Waals surface area contributed by atoms with Crippen LogP contribution in [0.4, 0.5) is 6.01 Å². The zero-order valence-electron chi connectivity index (χ0n) is 12.6. The maximum atomic E-state index is 11.9. The zero-order valence-corrected chi connectivity index (χ0v) is 12.6. The van der Waals surface area contributed by atoms with E-state index in [1.165, 1.54) is 0 Å². The molecule has 0 bridgehead atoms. The number of aromatic nitrogens is 2. The van der Waals surface area contributed by atoms with E-state index in [2.05, 4.69) is 27.3 Å². The van der Waals surface area contributed by atoms with Crippen molar-refractivity contribution in [3.63, 3.8) is 0 Å². The van der Waals surface area contributed by atoms with E-state index >= 15 is 0 Å². The summed E-state index contributed by atoms with van der Waals surface area (Å²) in [5.41, 5.74) is 0. The summed E-state index contributed by atoms with van der Waals surface area (Å²) in [5.74, 6) is 1.30. The molecule has 1 aliphatic heterocycles. The molecule has 1 aromatic rings. The molecule has 1 fully saturated rings. The third kappa shape index (κ3) is 3.49. The molecule has 1 N–H and O–H groups in total. The van der Waals surface area contributed by atoms with Gasteiger partial charge in [0.15, 0.2) is 5.82 Å². The SMILES string of the molecule is CCCNC(=O)C1CCN(c2nc(C(C)C)no2)CC1. The van der Waals surface area contributed by atoms with Gasteiger partial charge in [-0.3, -0.25) is 4.79 Å². The second-order valence-corrected chi connectivity index (χ2v) is 5.64. The number of nitrogens with zero attached hydrogens (tertiary/aromatic N) is 3. The Balaban J connectivity index is 1.85. The van der Waals surface area contributed by atoms with E-state index in [-0.39, 0.29) is 17.7 Å². The van der Waals surface area contributed by atoms with E-state index in [1.807, 2.05) is 13.8 Å². The number of nitrogens with one attached hydrogen (secondary N) is 1. The van der Waals surface area contributed by atoms with Gasteiger partial charge in [0.25, 0.3) is 0 Å². The number of hydrogen-bond acceptors (Lipinski definition) is 5. The summed E-state index contributed by atoms with van der Waals surface area (Å²) in [4.78, 5) is 18.4. The molecule has 1 amide bonds. The minimum atomic E-state index is 0.116. The van der Waals surface area contributed by atoms with Crippen LogP contribution in [0, 0.1) is 5.92 Å². The van der Waals surface area contributed by atoms with Gasteiger partial charge in [-0.2, -0.15) is 4.98 Å². The lowest BCUT2D eigenvalue weighted by Gasteiger charge is -2.29. The molecule has 0 aromatic carbocycles. The third-order valence-electron chi connectivity index (χ3n) is 3.63. The van der Waals surface area contributed by atoms with Gasteiger partial charge >= 0.3 is 6.01 Å². The van der Waals surface area contributed by atoms with Crippen molar-refractivity contribution in [3.05, 3.63) is 5.82 Å². The molecular weight excluding hydrogens is 256 g/mol. The fourth-order valence-corrected chi connectivity index (χ4v) is 2.31. The Kier molecular flexibility index (Phi) is 4.98. The largest absolute Gasteiger partial charge is 0.356 e. The highest BCUT2D eigenvalue weighted by atomic mass is 16.5. The zero-order chi connectivity index (χ0) is 14.5. The van der Waals surface area contributed by atoms with Crippen molar-refractivity contribution in [2.24, 2.45) is 5.92 Å². The van der Waals surface area contributed by atoms with Crippen molar-refractivity contribution in [1.29, 1.82) is 0 Å². The third-order valence-corrected chi connectivity index (χ3v) is 3.63. The van der Waals surface area contributed by atoms with Crippen molar-refractivity contribution in [1.82, 2.24) is 15.5 Å². The standard InChI is InChI=1S/C14H24N4O2/c1-4-7-15-13(19)11-5-8-18(9-6-11)14-16-12(10(2)3)17-20-14/h10-11H,4-9H2,1-3H3,(H,15,19). The smallest absolute Gasteiger partial charge is 0.324 e. The highest BCUT2D eigenvalue weighted by Crippen LogP contribution is 2.23. The van der Waals surface area contributed by atoms with Crippen LogP contribution in [0.15, 0.2) is 4.52 Å². The van der Waals surface area contributed by atoms with E-state index < -0.39 is 0 Å². The summed E-state index contributed by atoms with van der Waals surface area (Å²) < 4.78 is 5.29. The summed E-state index contributed by atoms with van der Waals surface area (Å²) in [6.07, 6.45) is 2.66. The summed E-state index contributed by atoms with van der Waals surface area (Å²) >= 11 is 0. The van der Waals surface area contributed by atoms with E-state index in [9.17, 15) is 4.79 Å². The van der Waals surface area contributed by atoms with Crippen LogP contribution in [0.25, 0.3) is 0 Å². The second-order valence-electron chi connectivity index (χ2n) is 5.64. The van der Waals surface area contributed by atoms with E-state index in [1.54, 1.807) is 0 Å². The van der Waals surface area contributed by atoms with Crippen LogP contribution in [-0.2, 0) is 4.79 Å². The topological polar surface area (TPSA) is 71.3 Å². The molecule has 1 aromatic heterocycles. The second kappa shape index (κ2) is 6.72. The molecule has 0 radical (unpaired) electrons. The van der Waals surface area contributed by atoms with Crippen LogP contribution in [0.2, 0.25) is 0 Å². The molecule has 6 nitrogen and oxygen atoms in total. The van der Waals surface area contributed by atoms with E-state index in [0.29, 0.717) is 6.01 Å². The molecule has 0 aliphatic carbocycles. The summed E-state index contributed by atoms with van der Waals surface area (Å²) in [7, 11) is 0. The summed E-state index contributed by atoms with van der Waals surface area (Å²) in [6.45, 7) is 8.50. The molecule has 1 saturated heterocycles. The lowest BCUT2D eigenvalue weighted by Crippen LogP contribution is -2.40. The predicted octanol–water partition coefficient (Wildman–Crippen LogP) is 1.94. The Labute approximate surface area is 119 Å². The fourth-order valence-electron chi connectivity index (χ4n) is 2.31. The average molecular weight is 280 g/mol. The van der Waals surface area contributed by atoms with Crippen molar-refractivity contribution < 1.29 is 9.32 Å². The van der Waals surface area contributed by atoms with Crippen LogP contribution in [0.1, 0.15) is 51.8 Å². The Hall–Kier alpha value is -1.59. The quantitative estimate of drug-likeness (QED) is 0.892. The number of anilines is 1. The Bertz CT molecular complexity index is 436. The van der Waals surface area contributed by atoms with Gasteiger partial charge in [-0.1, -0.05) is 25.9 Å². The molecule has 0 unspecified atom stereocenters. The van der Waals surface area contributed by atoms with Crippen molar-refractivity contribution >= 4 is 11.9 Å². The molecule has 2 heterocycles. The van der Waals surface area contributed by atoms with Crippen molar-refractivity contribution in [2.75, 3.05) is 24.5 Å². The highest BCUT2D eigenvalue weighted by molar-refractivity contribution is 5.78. The van der Waals surface area contributed by atoms with Gasteiger partial charge in [0.2, 0.25) is 5.91 Å². The van der Waals surface area contributed by atoms with Gasteiger partial charge in [-0.15, -0.1) is 0 Å². The van der Waals surface area contributed by atoms with Crippen LogP contribution in [0.3, 0.4) is 0 Å². The predicted molar refractivity (Wildman–Crippen MR) is 76.6 cm³/mol. The molecule has 112 valence electrons. The number of rotatable bonds is 5. The van der Waals surface area contributed by atoms with Crippen LogP contribution >= 0.6 is 0 Å². The van der Waals surface area contributed by atoms with Gasteiger partial charge in [0.1, 0.15) is 0 Å². The summed E-state index contributed by atoms with van der Waals surface area (Å²) in [6, 6.07) is 0.584. The Morgan fingerprint density at radius 2 is 2.15 bits per heavy atom. The molecule has 2 rings (SSSR count). The van der Waals surface area contributed by atoms with Gasteiger partial charge < -0.3 is 14.7 Å². The van der Waals surface area contributed by atoms with Crippen LogP contribution in [0.5, 0.6) is 0 Å². The normalized spacial score (nSPS) is 16.7. The first kappa shape index (κ1) is 14.8. The molecule has 20 heavy (non-hydrogen) atoms. The lowest BCUT2D eigenvalue weighted by atomic mass is 9.96. The summed E-state index contributed by atoms with van der Waals surface area (Å²) in [5, 5.41) is 6.95. The lowest BCUT2D eigenvalue weighted by molar-refractivity contribution is -0.125. The molecule has 0 atom stereocenters. The Morgan fingerprint density at radius 3 is 2.70 bits per heavy atom. The maximum absolute atomic E-state index is 11.9. The first-order chi connectivity index (χ1) is 9.61. The van der Waals surface area contributed by atoms with E-state index in [0.717, 1.165) is 44.7 Å². The number of piperidine rings is 1. The van der Waals surface area contributed by atoms with Gasteiger partial charge in [0, 0.05) is 31.5 Å². The van der Waals surface area contributed by atoms with E-state index in [4.69, 9.17) is 4.52 Å². The van der Waals surface area contributed by atoms with Crippen molar-refractivity contribution in [2.45, 2.75) is 46.0 Å². The van der Waals surface area contributed by atoms with Crippen molar-refractivity contribution in [3.8, 4) is 0 Å². The minimum Gasteiger partial charge on any atom is -0.356 e. The van der Waals surface area contributed by atoms with Gasteiger partial charge in [-0.05, 0) is 19.3 Å². The molecular formula is C14H24N4O2. The average Bonchev–Trinajstić information content (AvgIpc) is 2.95. The number of carbonyl (C=O) groups excluding carboxylic acids is 1. The number of carbonyl (C=O) groups is 1. The molecule has 1 aliphatic rings. The maximum Gasteiger partial charge on any atom is 0.324 e. The number of hydrogen-bond donors (Lipinski definition) is 1. The molecule has 0 spiro atoms. The number of amides is 1. The van der Waals surface area contributed by atoms with Crippen LogP contribution < -0.4 is 10.2 Å². The van der Waals surface area contributed by atoms with Gasteiger partial charge in [-0.25, -0.2) is 0 Å². The highest BCUT2D eigenvalue weighted by Gasteiger charge is 2.27. The fraction of sp³-hybridized carbons (Fsp3) is 0.786. The van der Waals surface area contributed by atoms with Gasteiger partial charge in [0.05, 0.1) is 0 Å². The monoisotopic (exact) mass is 280 g/mol. The molecule has 6 heteroatoms. The van der Waals surface area contributed by atoms with Crippen LogP contribution in [-0.4, -0.2) is 35.7 Å². The minimum absolute atomic E-state index is 0.116. The first-order valence-electron chi connectivity index (χ1n) is 7.48. The Morgan fingerprint density at radius 1 is 1.45 bits per heavy atom. The first-order valence-corrected chi connectivity index (χ1v) is 7.48.